The lowest BCUT2D eigenvalue weighted by molar-refractivity contribution is 0.414. The van der Waals surface area contributed by atoms with Crippen molar-refractivity contribution in [3.05, 3.63) is 17.7 Å². The lowest BCUT2D eigenvalue weighted by atomic mass is 9.90. The average molecular weight is 178 g/mol. The van der Waals surface area contributed by atoms with Crippen LogP contribution in [0.25, 0.3) is 0 Å². The lowest BCUT2D eigenvalue weighted by Crippen LogP contribution is -2.08. The van der Waals surface area contributed by atoms with E-state index in [1.807, 2.05) is 27.8 Å². The number of aromatic hydroxyl groups is 1. The van der Waals surface area contributed by atoms with Gasteiger partial charge in [-0.05, 0) is 23.5 Å². The van der Waals surface area contributed by atoms with E-state index in [0.29, 0.717) is 11.7 Å². The van der Waals surface area contributed by atoms with Gasteiger partial charge in [0.25, 0.3) is 0 Å². The van der Waals surface area contributed by atoms with Crippen molar-refractivity contribution in [3.8, 4) is 11.5 Å². The number of methoxy groups -OCH3 is 1. The van der Waals surface area contributed by atoms with Crippen molar-refractivity contribution in [2.24, 2.45) is 0 Å². The Balaban J connectivity index is 3.22. The van der Waals surface area contributed by atoms with Gasteiger partial charge in [0.1, 0.15) is 19.3 Å². The van der Waals surface area contributed by atoms with Crippen molar-refractivity contribution in [2.45, 2.75) is 19.8 Å². The molecule has 3 heteroatoms. The Labute approximate surface area is 80.0 Å². The SMILES string of the molecule is Bc1cc(O)c(C(C)C)cc1OC. The summed E-state index contributed by atoms with van der Waals surface area (Å²) in [5, 5.41) is 9.63. The molecular weight excluding hydrogens is 163 g/mol. The van der Waals surface area contributed by atoms with Crippen molar-refractivity contribution < 1.29 is 9.84 Å². The highest BCUT2D eigenvalue weighted by Gasteiger charge is 2.09. The van der Waals surface area contributed by atoms with Crippen molar-refractivity contribution in [1.82, 2.24) is 0 Å². The summed E-state index contributed by atoms with van der Waals surface area (Å²) in [5.74, 6) is 1.50. The van der Waals surface area contributed by atoms with Crippen LogP contribution >= 0.6 is 0 Å². The fraction of sp³-hybridized carbons (Fsp3) is 0.400. The molecule has 0 spiro atoms. The molecule has 0 saturated heterocycles. The van der Waals surface area contributed by atoms with Gasteiger partial charge in [-0.3, -0.25) is 0 Å². The number of phenolic OH excluding ortho intramolecular Hbond substituents is 1. The minimum absolute atomic E-state index is 0.314. The Morgan fingerprint density at radius 3 is 2.46 bits per heavy atom. The first-order valence-electron chi connectivity index (χ1n) is 4.43. The molecular formula is C10H15BO2. The summed E-state index contributed by atoms with van der Waals surface area (Å²) < 4.78 is 5.18. The second-order valence-corrected chi connectivity index (χ2v) is 3.54. The Bertz CT molecular complexity index is 308. The lowest BCUT2D eigenvalue weighted by Gasteiger charge is -2.12. The summed E-state index contributed by atoms with van der Waals surface area (Å²) in [5.41, 5.74) is 1.90. The van der Waals surface area contributed by atoms with Crippen LogP contribution in [0.2, 0.25) is 0 Å². The maximum Gasteiger partial charge on any atom is 0.144 e. The highest BCUT2D eigenvalue weighted by atomic mass is 16.5. The first kappa shape index (κ1) is 9.97. The molecule has 2 nitrogen and oxygen atoms in total. The highest BCUT2D eigenvalue weighted by molar-refractivity contribution is 6.34. The fourth-order valence-electron chi connectivity index (χ4n) is 1.37. The minimum atomic E-state index is 0.314. The van der Waals surface area contributed by atoms with E-state index in [-0.39, 0.29) is 0 Å². The predicted octanol–water partition coefficient (Wildman–Crippen LogP) is 0.783. The molecule has 0 bridgehead atoms. The third-order valence-corrected chi connectivity index (χ3v) is 2.17. The first-order valence-corrected chi connectivity index (χ1v) is 4.43. The van der Waals surface area contributed by atoms with Crippen LogP contribution in [-0.2, 0) is 0 Å². The molecule has 0 aliphatic rings. The van der Waals surface area contributed by atoms with Crippen LogP contribution < -0.4 is 10.2 Å². The van der Waals surface area contributed by atoms with Crippen LogP contribution in [0.3, 0.4) is 0 Å². The molecule has 70 valence electrons. The number of phenols is 1. The van der Waals surface area contributed by atoms with Crippen LogP contribution in [0.15, 0.2) is 12.1 Å². The molecule has 0 heterocycles. The van der Waals surface area contributed by atoms with E-state index in [2.05, 4.69) is 0 Å². The second-order valence-electron chi connectivity index (χ2n) is 3.54. The van der Waals surface area contributed by atoms with Gasteiger partial charge < -0.3 is 9.84 Å². The van der Waals surface area contributed by atoms with Crippen molar-refractivity contribution in [3.63, 3.8) is 0 Å². The maximum absolute atomic E-state index is 9.63. The molecule has 1 N–H and O–H groups in total. The topological polar surface area (TPSA) is 29.5 Å². The summed E-state index contributed by atoms with van der Waals surface area (Å²) in [6.07, 6.45) is 0. The van der Waals surface area contributed by atoms with Gasteiger partial charge in [-0.2, -0.15) is 0 Å². The number of rotatable bonds is 2. The smallest absolute Gasteiger partial charge is 0.144 e. The standard InChI is InChI=1S/C10H15BO2/c1-6(2)7-4-10(13-3)8(11)5-9(7)12/h4-6,12H,11H2,1-3H3. The van der Waals surface area contributed by atoms with E-state index in [0.717, 1.165) is 16.8 Å². The number of hydrogen-bond acceptors (Lipinski definition) is 2. The Morgan fingerprint density at radius 1 is 1.38 bits per heavy atom. The molecule has 1 rings (SSSR count). The zero-order valence-electron chi connectivity index (χ0n) is 8.59. The molecule has 0 aromatic heterocycles. The van der Waals surface area contributed by atoms with Gasteiger partial charge in [-0.15, -0.1) is 0 Å². The van der Waals surface area contributed by atoms with Gasteiger partial charge in [0, 0.05) is 5.56 Å². The third-order valence-electron chi connectivity index (χ3n) is 2.17. The van der Waals surface area contributed by atoms with Gasteiger partial charge in [0.15, 0.2) is 0 Å². The first-order chi connectivity index (χ1) is 6.06. The van der Waals surface area contributed by atoms with E-state index in [4.69, 9.17) is 4.74 Å². The molecule has 13 heavy (non-hydrogen) atoms. The Morgan fingerprint density at radius 2 is 2.00 bits per heavy atom. The Kier molecular flexibility index (Phi) is 2.86. The second kappa shape index (κ2) is 3.73. The molecule has 0 amide bonds. The quantitative estimate of drug-likeness (QED) is 0.678. The molecule has 0 aliphatic heterocycles. The zero-order valence-corrected chi connectivity index (χ0v) is 8.59. The normalized spacial score (nSPS) is 10.5. The van der Waals surface area contributed by atoms with Crippen molar-refractivity contribution in [1.29, 1.82) is 0 Å². The van der Waals surface area contributed by atoms with Gasteiger partial charge in [-0.25, -0.2) is 0 Å². The Hall–Kier alpha value is -1.12. The van der Waals surface area contributed by atoms with Crippen molar-refractivity contribution in [2.75, 3.05) is 7.11 Å². The van der Waals surface area contributed by atoms with Gasteiger partial charge in [-0.1, -0.05) is 13.8 Å². The number of benzene rings is 1. The van der Waals surface area contributed by atoms with Gasteiger partial charge in [0.2, 0.25) is 0 Å². The van der Waals surface area contributed by atoms with E-state index in [9.17, 15) is 5.11 Å². The summed E-state index contributed by atoms with van der Waals surface area (Å²) in [7, 11) is 3.56. The molecule has 0 fully saturated rings. The number of ether oxygens (including phenoxy) is 1. The predicted molar refractivity (Wildman–Crippen MR) is 56.9 cm³/mol. The molecule has 0 saturated carbocycles. The largest absolute Gasteiger partial charge is 0.508 e. The van der Waals surface area contributed by atoms with Gasteiger partial charge >= 0.3 is 0 Å². The van der Waals surface area contributed by atoms with E-state index in [1.54, 1.807) is 13.2 Å². The molecule has 0 unspecified atom stereocenters. The van der Waals surface area contributed by atoms with Gasteiger partial charge in [0.05, 0.1) is 7.11 Å². The summed E-state index contributed by atoms with van der Waals surface area (Å²) in [4.78, 5) is 0. The number of hydrogen-bond donors (Lipinski definition) is 1. The molecule has 0 atom stereocenters. The van der Waals surface area contributed by atoms with Crippen LogP contribution in [0.5, 0.6) is 11.5 Å². The van der Waals surface area contributed by atoms with E-state index < -0.39 is 0 Å². The maximum atomic E-state index is 9.63. The molecule has 1 aromatic rings. The van der Waals surface area contributed by atoms with Crippen LogP contribution in [-0.4, -0.2) is 20.1 Å². The fourth-order valence-corrected chi connectivity index (χ4v) is 1.37. The summed E-state index contributed by atoms with van der Waals surface area (Å²) >= 11 is 0. The minimum Gasteiger partial charge on any atom is -0.508 e. The monoisotopic (exact) mass is 178 g/mol. The van der Waals surface area contributed by atoms with Crippen LogP contribution in [0.4, 0.5) is 0 Å². The average Bonchev–Trinajstić information content (AvgIpc) is 2.03. The molecule has 1 aromatic carbocycles. The highest BCUT2D eigenvalue weighted by Crippen LogP contribution is 2.27. The van der Waals surface area contributed by atoms with Crippen LogP contribution in [0, 0.1) is 0 Å². The molecule has 0 aliphatic carbocycles. The zero-order chi connectivity index (χ0) is 10.0. The van der Waals surface area contributed by atoms with Crippen molar-refractivity contribution >= 4 is 13.3 Å². The molecule has 0 radical (unpaired) electrons. The van der Waals surface area contributed by atoms with Crippen LogP contribution in [0.1, 0.15) is 25.3 Å². The van der Waals surface area contributed by atoms with E-state index >= 15 is 0 Å². The van der Waals surface area contributed by atoms with E-state index in [1.165, 1.54) is 0 Å². The third kappa shape index (κ3) is 1.97. The summed E-state index contributed by atoms with van der Waals surface area (Å²) in [6, 6.07) is 3.64. The summed E-state index contributed by atoms with van der Waals surface area (Å²) in [6.45, 7) is 4.09.